The number of nitrogens with zero attached hydrogens (tertiary/aromatic N) is 6. The van der Waals surface area contributed by atoms with Gasteiger partial charge in [0.15, 0.2) is 0 Å². The van der Waals surface area contributed by atoms with Gasteiger partial charge in [-0.15, -0.1) is 0 Å². The number of hydrogen-bond donors (Lipinski definition) is 0. The number of benzene rings is 16. The maximum absolute atomic E-state index is 11.1. The lowest BCUT2D eigenvalue weighted by molar-refractivity contribution is 0.590. The first kappa shape index (κ1) is 68.1. The smallest absolute Gasteiger partial charge is 0.252 e. The lowest BCUT2D eigenvalue weighted by Gasteiger charge is -2.46. The minimum absolute atomic E-state index is 0.213. The maximum atomic E-state index is 11.1. The molecule has 0 saturated heterocycles. The van der Waals surface area contributed by atoms with Crippen LogP contribution in [0.2, 0.25) is 0 Å². The third-order valence-corrected chi connectivity index (χ3v) is 23.5. The Bertz CT molecular complexity index is 6490. The molecule has 2 aliphatic rings. The molecule has 0 spiro atoms. The number of rotatable bonds is 11. The van der Waals surface area contributed by atoms with Crippen LogP contribution in [0.1, 0.15) is 63.8 Å². The molecule has 16 aromatic carbocycles. The molecule has 2 aliphatic heterocycles. The molecule has 0 bridgehead atoms. The molecule has 0 amide bonds. The van der Waals surface area contributed by atoms with Gasteiger partial charge in [0.05, 0.1) is 56.7 Å². The Labute approximate surface area is 660 Å². The van der Waals surface area contributed by atoms with E-state index in [2.05, 4.69) is 406 Å². The zero-order valence-electron chi connectivity index (χ0n) is 63.8. The predicted molar refractivity (Wildman–Crippen MR) is 474 cm³/mol. The highest BCUT2D eigenvalue weighted by Gasteiger charge is 2.46. The van der Waals surface area contributed by atoms with Crippen molar-refractivity contribution in [1.82, 2.24) is 9.13 Å². The number of aromatic nitrogens is 2. The van der Waals surface area contributed by atoms with E-state index < -0.39 is 0 Å². The van der Waals surface area contributed by atoms with Crippen molar-refractivity contribution < 1.29 is 0 Å². The summed E-state index contributed by atoms with van der Waals surface area (Å²) in [7, 11) is 0. The zero-order valence-corrected chi connectivity index (χ0v) is 63.8. The van der Waals surface area contributed by atoms with Crippen molar-refractivity contribution in [3.05, 3.63) is 380 Å². The number of para-hydroxylation sites is 4. The molecule has 6 nitrogen and oxygen atoms in total. The Hall–Kier alpha value is -14.2. The second-order valence-electron chi connectivity index (χ2n) is 32.2. The van der Waals surface area contributed by atoms with E-state index in [-0.39, 0.29) is 17.5 Å². The predicted octanol–water partition coefficient (Wildman–Crippen LogP) is 26.0. The molecule has 20 rings (SSSR count). The molecule has 7 heteroatoms. The third-order valence-electron chi connectivity index (χ3n) is 23.5. The van der Waals surface area contributed by atoms with Crippen LogP contribution in [0.4, 0.5) is 34.1 Å². The lowest BCUT2D eigenvalue weighted by Crippen LogP contribution is -2.61. The molecule has 0 fully saturated rings. The van der Waals surface area contributed by atoms with Crippen molar-refractivity contribution in [2.75, 3.05) is 9.80 Å². The van der Waals surface area contributed by atoms with Crippen molar-refractivity contribution in [1.29, 1.82) is 10.5 Å². The molecule has 0 unspecified atom stereocenters. The van der Waals surface area contributed by atoms with Gasteiger partial charge in [-0.25, -0.2) is 0 Å². The van der Waals surface area contributed by atoms with Gasteiger partial charge in [-0.05, 0) is 191 Å². The van der Waals surface area contributed by atoms with Gasteiger partial charge >= 0.3 is 0 Å². The molecule has 113 heavy (non-hydrogen) atoms. The van der Waals surface area contributed by atoms with Gasteiger partial charge in [0.25, 0.3) is 6.71 Å². The van der Waals surface area contributed by atoms with Gasteiger partial charge in [-0.3, -0.25) is 0 Å². The summed E-state index contributed by atoms with van der Waals surface area (Å²) in [5, 5.41) is 27.0. The Morgan fingerprint density at radius 2 is 0.584 bits per heavy atom. The van der Waals surface area contributed by atoms with Crippen molar-refractivity contribution in [3.63, 3.8) is 0 Å². The largest absolute Gasteiger partial charge is 0.310 e. The van der Waals surface area contributed by atoms with E-state index in [1.165, 1.54) is 32.7 Å². The molecule has 0 radical (unpaired) electrons. The summed E-state index contributed by atoms with van der Waals surface area (Å²) in [6.45, 7) is 13.4. The number of hydrogen-bond acceptors (Lipinski definition) is 4. The van der Waals surface area contributed by atoms with Gasteiger partial charge in [-0.2, -0.15) is 10.5 Å². The minimum Gasteiger partial charge on any atom is -0.310 e. The SMILES string of the molecule is CC(C)(C)c1cccc(-c2cc(-c3ccccc3C#N)cc(-c3ccccc3)c2N2c3cc(-n4c5ccccc5c5ccccc54)ccc3B3c4ccc(-n5c6ccccc6c6ccccc65)cc4N(c4c(-c5ccccc5)cc(-c5ccccc5C#N)cc4-c4cccc(C(C)(C)C)c4)c4cc(-c5ccccc5)cc2c43)c1. The number of anilines is 6. The van der Waals surface area contributed by atoms with Gasteiger partial charge in [0.2, 0.25) is 0 Å². The van der Waals surface area contributed by atoms with Crippen molar-refractivity contribution >= 4 is 101 Å². The highest BCUT2D eigenvalue weighted by molar-refractivity contribution is 7.00. The van der Waals surface area contributed by atoms with E-state index >= 15 is 0 Å². The molecule has 2 aromatic heterocycles. The van der Waals surface area contributed by atoms with Crippen molar-refractivity contribution in [3.8, 4) is 101 Å². The fraction of sp³-hybridized carbons (Fsp3) is 0.0755. The summed E-state index contributed by atoms with van der Waals surface area (Å²) in [4.78, 5) is 5.30. The summed E-state index contributed by atoms with van der Waals surface area (Å²) in [6, 6.07) is 137. The van der Waals surface area contributed by atoms with Crippen LogP contribution in [0.5, 0.6) is 0 Å². The molecule has 4 heterocycles. The fourth-order valence-corrected chi connectivity index (χ4v) is 18.1. The van der Waals surface area contributed by atoms with Crippen LogP contribution < -0.4 is 26.2 Å². The van der Waals surface area contributed by atoms with Crippen molar-refractivity contribution in [2.45, 2.75) is 52.4 Å². The second kappa shape index (κ2) is 26.8. The highest BCUT2D eigenvalue weighted by atomic mass is 15.2. The van der Waals surface area contributed by atoms with Gasteiger partial charge < -0.3 is 18.9 Å². The Morgan fingerprint density at radius 3 is 0.956 bits per heavy atom. The van der Waals surface area contributed by atoms with E-state index in [1.807, 2.05) is 24.3 Å². The fourth-order valence-electron chi connectivity index (χ4n) is 18.1. The minimum atomic E-state index is -0.369. The first-order valence-electron chi connectivity index (χ1n) is 39.0. The second-order valence-corrected chi connectivity index (χ2v) is 32.2. The van der Waals surface area contributed by atoms with Gasteiger partial charge in [0.1, 0.15) is 0 Å². The van der Waals surface area contributed by atoms with Gasteiger partial charge in [0, 0.05) is 77.9 Å². The molecule has 534 valence electrons. The summed E-state index contributed by atoms with van der Waals surface area (Å²) in [6.07, 6.45) is 0. The number of fused-ring (bicyclic) bond motifs is 10. The first-order valence-corrected chi connectivity index (χ1v) is 39.0. The van der Waals surface area contributed by atoms with Gasteiger partial charge in [-0.1, -0.05) is 302 Å². The Balaban J connectivity index is 0.997. The van der Waals surface area contributed by atoms with E-state index in [1.54, 1.807) is 0 Å². The normalized spacial score (nSPS) is 12.4. The van der Waals surface area contributed by atoms with E-state index in [0.29, 0.717) is 11.1 Å². The van der Waals surface area contributed by atoms with Crippen LogP contribution in [-0.4, -0.2) is 15.8 Å². The topological polar surface area (TPSA) is 63.9 Å². The summed E-state index contributed by atoms with van der Waals surface area (Å²) in [5.41, 5.74) is 33.1. The Morgan fingerprint density at radius 1 is 0.257 bits per heavy atom. The maximum Gasteiger partial charge on any atom is 0.252 e. The average Bonchev–Trinajstić information content (AvgIpc) is 0.919. The quantitative estimate of drug-likeness (QED) is 0.121. The van der Waals surface area contributed by atoms with E-state index in [0.717, 1.165) is 162 Å². The summed E-state index contributed by atoms with van der Waals surface area (Å²) < 4.78 is 4.93. The van der Waals surface area contributed by atoms with E-state index in [9.17, 15) is 10.5 Å². The van der Waals surface area contributed by atoms with Crippen LogP contribution in [-0.2, 0) is 10.8 Å². The zero-order chi connectivity index (χ0) is 76.4. The Kier molecular flexibility index (Phi) is 16.2. The lowest BCUT2D eigenvalue weighted by atomic mass is 9.33. The molecular formula is C106H77BN6. The van der Waals surface area contributed by atoms with Crippen molar-refractivity contribution in [2.24, 2.45) is 0 Å². The number of nitriles is 2. The van der Waals surface area contributed by atoms with Crippen LogP contribution in [0.25, 0.3) is 133 Å². The van der Waals surface area contributed by atoms with Crippen LogP contribution in [0, 0.1) is 22.7 Å². The van der Waals surface area contributed by atoms with Crippen LogP contribution in [0.15, 0.2) is 358 Å². The molecule has 0 atom stereocenters. The summed E-state index contributed by atoms with van der Waals surface area (Å²) >= 11 is 0. The van der Waals surface area contributed by atoms with Crippen LogP contribution >= 0.6 is 0 Å². The molecular weight excluding hydrogens is 1370 g/mol. The third kappa shape index (κ3) is 11.3. The van der Waals surface area contributed by atoms with E-state index in [4.69, 9.17) is 0 Å². The molecule has 0 saturated carbocycles. The first-order chi connectivity index (χ1) is 55.3. The average molecular weight is 1450 g/mol. The molecule has 0 aliphatic carbocycles. The van der Waals surface area contributed by atoms with Crippen LogP contribution in [0.3, 0.4) is 0 Å². The monoisotopic (exact) mass is 1440 g/mol. The molecule has 18 aromatic rings. The standard InChI is InChI=1S/C106H77BN6/c1-105(2,3)78-40-28-38-71(56-78)90-60-76(82-42-18-16-36-73(82)66-108)58-88(69-32-12-8-13-33-69)103(90)112-98-64-80(110-94-48-24-20-44-84(94)85-45-21-25-49-95(85)110)52-54-92(98)107-93-55-53-81(111-96-50-26-22-46-86(96)87-47-23-27-51-97(87)111)65-99(93)113(101-63-75(62-100(112)102(101)107)68-30-10-7-11-31-68)104-89(70-34-14-9-15-35-70)59-77(83-43-19-17-37-74(83)67-109)61-91(104)72-39-29-41-79(57-72)106(4,5)6/h7-65H,1-6H3. The highest BCUT2D eigenvalue weighted by Crippen LogP contribution is 2.56. The summed E-state index contributed by atoms with van der Waals surface area (Å²) in [5.74, 6) is 0. The molecule has 0 N–H and O–H groups in total.